The van der Waals surface area contributed by atoms with Crippen molar-refractivity contribution in [3.63, 3.8) is 0 Å². The van der Waals surface area contributed by atoms with E-state index < -0.39 is 22.5 Å². The van der Waals surface area contributed by atoms with E-state index in [1.165, 1.54) is 6.07 Å². The fourth-order valence-electron chi connectivity index (χ4n) is 2.85. The Bertz CT molecular complexity index is 1140. The maximum Gasteiger partial charge on any atom is 0.245 e. The highest BCUT2D eigenvalue weighted by Gasteiger charge is 2.24. The molecule has 29 heavy (non-hydrogen) atoms. The Labute approximate surface area is 179 Å². The third kappa shape index (κ3) is 5.09. The molecule has 0 spiro atoms. The molecule has 5 nitrogen and oxygen atoms in total. The number of carbonyl (C=O) groups excluding carboxylic acids is 1. The van der Waals surface area contributed by atoms with Crippen molar-refractivity contribution in [1.82, 2.24) is 0 Å². The monoisotopic (exact) mass is 448 g/mol. The number of nitrogens with one attached hydrogen (secondary N) is 1. The first-order valence-corrected chi connectivity index (χ1v) is 11.2. The first-order chi connectivity index (χ1) is 13.8. The van der Waals surface area contributed by atoms with Crippen LogP contribution >= 0.6 is 23.2 Å². The van der Waals surface area contributed by atoms with E-state index in [1.54, 1.807) is 24.3 Å². The smallest absolute Gasteiger partial charge is 0.245 e. The molecular formula is C21H18Cl2N2O3S. The van der Waals surface area contributed by atoms with Gasteiger partial charge in [-0.15, -0.1) is 0 Å². The quantitative estimate of drug-likeness (QED) is 0.572. The molecule has 0 saturated carbocycles. The number of carbonyl (C=O) groups is 1. The molecule has 0 aliphatic carbocycles. The molecule has 150 valence electrons. The zero-order valence-electron chi connectivity index (χ0n) is 15.5. The minimum absolute atomic E-state index is 0.0667. The van der Waals surface area contributed by atoms with Gasteiger partial charge in [0.15, 0.2) is 0 Å². The lowest BCUT2D eigenvalue weighted by Crippen LogP contribution is -2.37. The summed E-state index contributed by atoms with van der Waals surface area (Å²) in [6.07, 6.45) is 1.01. The first-order valence-electron chi connectivity index (χ1n) is 8.63. The van der Waals surface area contributed by atoms with E-state index in [0.717, 1.165) is 21.7 Å². The van der Waals surface area contributed by atoms with Gasteiger partial charge >= 0.3 is 0 Å². The second-order valence-electron chi connectivity index (χ2n) is 6.30. The van der Waals surface area contributed by atoms with Gasteiger partial charge in [-0.05, 0) is 23.8 Å². The van der Waals surface area contributed by atoms with Gasteiger partial charge in [0.2, 0.25) is 15.9 Å². The molecule has 0 bridgehead atoms. The van der Waals surface area contributed by atoms with E-state index in [1.807, 2.05) is 42.5 Å². The molecule has 0 fully saturated rings. The van der Waals surface area contributed by atoms with Gasteiger partial charge in [0.1, 0.15) is 6.54 Å². The third-order valence-corrected chi connectivity index (χ3v) is 6.11. The number of anilines is 2. The molecule has 3 aromatic rings. The Balaban J connectivity index is 1.89. The molecular weight excluding hydrogens is 431 g/mol. The van der Waals surface area contributed by atoms with E-state index in [2.05, 4.69) is 5.32 Å². The first kappa shape index (κ1) is 21.2. The van der Waals surface area contributed by atoms with Crippen molar-refractivity contribution in [3.8, 4) is 11.1 Å². The topological polar surface area (TPSA) is 66.5 Å². The van der Waals surface area contributed by atoms with Crippen molar-refractivity contribution in [2.45, 2.75) is 0 Å². The van der Waals surface area contributed by atoms with Crippen LogP contribution in [0.15, 0.2) is 72.8 Å². The molecule has 0 heterocycles. The van der Waals surface area contributed by atoms with Crippen LogP contribution in [-0.4, -0.2) is 27.1 Å². The van der Waals surface area contributed by atoms with E-state index in [-0.39, 0.29) is 15.7 Å². The van der Waals surface area contributed by atoms with Crippen molar-refractivity contribution < 1.29 is 13.2 Å². The van der Waals surface area contributed by atoms with Crippen LogP contribution in [0.1, 0.15) is 0 Å². The summed E-state index contributed by atoms with van der Waals surface area (Å²) in [5.74, 6) is -0.505. The molecule has 1 amide bonds. The molecule has 0 saturated heterocycles. The summed E-state index contributed by atoms with van der Waals surface area (Å²) in [7, 11) is -3.78. The Morgan fingerprint density at radius 3 is 2.28 bits per heavy atom. The SMILES string of the molecule is CS(=O)(=O)N(CC(=O)Nc1ccccc1-c1ccccc1)c1cccc(Cl)c1Cl. The summed E-state index contributed by atoms with van der Waals surface area (Å²) >= 11 is 12.2. The van der Waals surface area contributed by atoms with E-state index >= 15 is 0 Å². The minimum Gasteiger partial charge on any atom is -0.324 e. The van der Waals surface area contributed by atoms with E-state index in [9.17, 15) is 13.2 Å². The van der Waals surface area contributed by atoms with Crippen LogP contribution in [0, 0.1) is 0 Å². The van der Waals surface area contributed by atoms with E-state index in [0.29, 0.717) is 5.69 Å². The molecule has 0 aliphatic rings. The number of nitrogens with zero attached hydrogens (tertiary/aromatic N) is 1. The van der Waals surface area contributed by atoms with Crippen LogP contribution in [0.4, 0.5) is 11.4 Å². The molecule has 1 N–H and O–H groups in total. The Morgan fingerprint density at radius 1 is 0.931 bits per heavy atom. The average Bonchev–Trinajstić information content (AvgIpc) is 2.69. The van der Waals surface area contributed by atoms with Crippen molar-refractivity contribution in [2.75, 3.05) is 22.4 Å². The fourth-order valence-corrected chi connectivity index (χ4v) is 4.16. The highest BCUT2D eigenvalue weighted by atomic mass is 35.5. The Morgan fingerprint density at radius 2 is 1.59 bits per heavy atom. The van der Waals surface area contributed by atoms with Gasteiger partial charge in [-0.25, -0.2) is 8.42 Å². The standard InChI is InChI=1S/C21H18Cl2N2O3S/c1-29(27,28)25(19-13-7-11-17(22)21(19)23)14-20(26)24-18-12-6-5-10-16(18)15-8-3-2-4-9-15/h2-13H,14H2,1H3,(H,24,26). The normalized spacial score (nSPS) is 11.1. The second kappa shape index (κ2) is 8.86. The van der Waals surface area contributed by atoms with Crippen molar-refractivity contribution in [2.24, 2.45) is 0 Å². The summed E-state index contributed by atoms with van der Waals surface area (Å²) in [6, 6.07) is 21.5. The highest BCUT2D eigenvalue weighted by Crippen LogP contribution is 2.34. The Hall–Kier alpha value is -2.54. The number of sulfonamides is 1. The van der Waals surface area contributed by atoms with Gasteiger partial charge in [-0.3, -0.25) is 9.10 Å². The molecule has 0 atom stereocenters. The van der Waals surface area contributed by atoms with Crippen LogP contribution in [0.5, 0.6) is 0 Å². The van der Waals surface area contributed by atoms with Gasteiger partial charge in [-0.2, -0.15) is 0 Å². The molecule has 0 aromatic heterocycles. The number of benzene rings is 3. The largest absolute Gasteiger partial charge is 0.324 e. The van der Waals surface area contributed by atoms with Gasteiger partial charge in [0, 0.05) is 11.3 Å². The van der Waals surface area contributed by atoms with Crippen molar-refractivity contribution >= 4 is 50.5 Å². The number of hydrogen-bond acceptors (Lipinski definition) is 3. The molecule has 0 unspecified atom stereocenters. The van der Waals surface area contributed by atoms with E-state index in [4.69, 9.17) is 23.2 Å². The van der Waals surface area contributed by atoms with Gasteiger partial charge in [0.05, 0.1) is 22.0 Å². The molecule has 3 aromatic carbocycles. The minimum atomic E-state index is -3.78. The summed E-state index contributed by atoms with van der Waals surface area (Å²) in [6.45, 7) is -0.442. The third-order valence-electron chi connectivity index (χ3n) is 4.17. The zero-order chi connectivity index (χ0) is 21.0. The number of hydrogen-bond donors (Lipinski definition) is 1. The molecule has 0 aliphatic heterocycles. The second-order valence-corrected chi connectivity index (χ2v) is 8.99. The predicted octanol–water partition coefficient (Wildman–Crippen LogP) is 5.07. The predicted molar refractivity (Wildman–Crippen MR) is 119 cm³/mol. The van der Waals surface area contributed by atoms with Crippen molar-refractivity contribution in [3.05, 3.63) is 82.8 Å². The summed E-state index contributed by atoms with van der Waals surface area (Å²) in [5.41, 5.74) is 2.48. The lowest BCUT2D eigenvalue weighted by molar-refractivity contribution is -0.114. The highest BCUT2D eigenvalue weighted by molar-refractivity contribution is 7.92. The summed E-state index contributed by atoms with van der Waals surface area (Å²) in [5, 5.41) is 3.06. The van der Waals surface area contributed by atoms with Crippen LogP contribution in [0.3, 0.4) is 0 Å². The molecule has 0 radical (unpaired) electrons. The summed E-state index contributed by atoms with van der Waals surface area (Å²) < 4.78 is 25.6. The fraction of sp³-hybridized carbons (Fsp3) is 0.0952. The van der Waals surface area contributed by atoms with Gasteiger partial charge in [-0.1, -0.05) is 77.8 Å². The van der Waals surface area contributed by atoms with Gasteiger partial charge < -0.3 is 5.32 Å². The number of amides is 1. The number of para-hydroxylation sites is 1. The average molecular weight is 449 g/mol. The lowest BCUT2D eigenvalue weighted by atomic mass is 10.0. The van der Waals surface area contributed by atoms with Gasteiger partial charge in [0.25, 0.3) is 0 Å². The molecule has 8 heteroatoms. The van der Waals surface area contributed by atoms with Crippen LogP contribution in [0.25, 0.3) is 11.1 Å². The van der Waals surface area contributed by atoms with Crippen LogP contribution < -0.4 is 9.62 Å². The summed E-state index contributed by atoms with van der Waals surface area (Å²) in [4.78, 5) is 12.7. The van der Waals surface area contributed by atoms with Crippen LogP contribution in [0.2, 0.25) is 10.0 Å². The zero-order valence-corrected chi connectivity index (χ0v) is 17.8. The van der Waals surface area contributed by atoms with Crippen LogP contribution in [-0.2, 0) is 14.8 Å². The number of halogens is 2. The number of rotatable bonds is 6. The lowest BCUT2D eigenvalue weighted by Gasteiger charge is -2.23. The van der Waals surface area contributed by atoms with Crippen molar-refractivity contribution in [1.29, 1.82) is 0 Å². The Kier molecular flexibility index (Phi) is 6.47. The molecule has 3 rings (SSSR count). The maximum atomic E-state index is 12.7. The maximum absolute atomic E-state index is 12.7.